The topological polar surface area (TPSA) is 55.6 Å². The number of aromatic nitrogens is 4. The van der Waals surface area contributed by atoms with Crippen LogP contribution < -0.4 is 5.32 Å². The first-order chi connectivity index (χ1) is 9.31. The van der Waals surface area contributed by atoms with Gasteiger partial charge in [-0.05, 0) is 13.8 Å². The highest BCUT2D eigenvalue weighted by molar-refractivity contribution is 5.61. The van der Waals surface area contributed by atoms with Crippen LogP contribution in [0.1, 0.15) is 39.1 Å². The Morgan fingerprint density at radius 2 is 1.95 bits per heavy atom. The second-order valence-electron chi connectivity index (χ2n) is 6.06. The lowest BCUT2D eigenvalue weighted by atomic mass is 9.89. The minimum absolute atomic E-state index is 0.0396. The summed E-state index contributed by atoms with van der Waals surface area (Å²) in [6, 6.07) is 1.96. The van der Waals surface area contributed by atoms with Crippen molar-refractivity contribution >= 4 is 5.82 Å². The molecule has 0 saturated carbocycles. The third kappa shape index (κ3) is 2.98. The van der Waals surface area contributed by atoms with Crippen molar-refractivity contribution in [2.24, 2.45) is 7.05 Å². The van der Waals surface area contributed by atoms with Gasteiger partial charge in [-0.25, -0.2) is 9.97 Å². The van der Waals surface area contributed by atoms with Gasteiger partial charge in [-0.15, -0.1) is 0 Å². The second-order valence-corrected chi connectivity index (χ2v) is 6.06. The number of nitrogens with one attached hydrogen (secondary N) is 1. The van der Waals surface area contributed by atoms with Crippen molar-refractivity contribution in [3.05, 3.63) is 23.7 Å². The number of aryl methyl sites for hydroxylation is 2. The molecular weight excluding hydrogens is 250 g/mol. The summed E-state index contributed by atoms with van der Waals surface area (Å²) in [4.78, 5) is 9.17. The average molecular weight is 273 g/mol. The van der Waals surface area contributed by atoms with E-state index in [4.69, 9.17) is 0 Å². The minimum atomic E-state index is -0.0396. The summed E-state index contributed by atoms with van der Waals surface area (Å²) in [5, 5.41) is 7.83. The number of rotatable bonds is 3. The van der Waals surface area contributed by atoms with Crippen LogP contribution in [0.5, 0.6) is 0 Å². The predicted octanol–water partition coefficient (Wildman–Crippen LogP) is 2.91. The van der Waals surface area contributed by atoms with E-state index in [1.54, 1.807) is 0 Å². The summed E-state index contributed by atoms with van der Waals surface area (Å²) in [6.07, 6.45) is 1.99. The molecule has 20 heavy (non-hydrogen) atoms. The van der Waals surface area contributed by atoms with Crippen LogP contribution >= 0.6 is 0 Å². The molecule has 0 amide bonds. The van der Waals surface area contributed by atoms with Gasteiger partial charge in [0.05, 0.1) is 11.3 Å². The molecule has 0 saturated heterocycles. The highest BCUT2D eigenvalue weighted by atomic mass is 15.3. The van der Waals surface area contributed by atoms with Gasteiger partial charge in [-0.1, -0.05) is 20.8 Å². The first-order valence-electron chi connectivity index (χ1n) is 6.95. The molecule has 5 nitrogen and oxygen atoms in total. The summed E-state index contributed by atoms with van der Waals surface area (Å²) in [7, 11) is 1.93. The summed E-state index contributed by atoms with van der Waals surface area (Å²) in [5.74, 6) is 1.60. The summed E-state index contributed by atoms with van der Waals surface area (Å²) in [5.41, 5.74) is 2.94. The SMILES string of the molecule is CCNc1cc(C)nc(-c2cn(C)nc2C(C)(C)C)n1. The van der Waals surface area contributed by atoms with Crippen LogP contribution in [-0.4, -0.2) is 26.3 Å². The van der Waals surface area contributed by atoms with Gasteiger partial charge in [0.25, 0.3) is 0 Å². The normalized spacial score (nSPS) is 11.7. The fourth-order valence-corrected chi connectivity index (χ4v) is 2.17. The largest absolute Gasteiger partial charge is 0.370 e. The average Bonchev–Trinajstić information content (AvgIpc) is 2.71. The van der Waals surface area contributed by atoms with Crippen molar-refractivity contribution in [3.8, 4) is 11.4 Å². The molecule has 2 heterocycles. The molecule has 2 aromatic heterocycles. The molecule has 0 bridgehead atoms. The van der Waals surface area contributed by atoms with E-state index in [1.807, 2.05) is 30.9 Å². The quantitative estimate of drug-likeness (QED) is 0.934. The molecule has 0 fully saturated rings. The van der Waals surface area contributed by atoms with Gasteiger partial charge in [0.1, 0.15) is 5.82 Å². The molecule has 0 spiro atoms. The number of hydrogen-bond donors (Lipinski definition) is 1. The number of nitrogens with zero attached hydrogens (tertiary/aromatic N) is 4. The first-order valence-corrected chi connectivity index (χ1v) is 6.95. The van der Waals surface area contributed by atoms with E-state index >= 15 is 0 Å². The van der Waals surface area contributed by atoms with Crippen LogP contribution in [0, 0.1) is 6.92 Å². The molecule has 5 heteroatoms. The summed E-state index contributed by atoms with van der Waals surface area (Å²) >= 11 is 0. The van der Waals surface area contributed by atoms with Crippen molar-refractivity contribution in [2.75, 3.05) is 11.9 Å². The Morgan fingerprint density at radius 3 is 2.55 bits per heavy atom. The molecule has 0 aliphatic rings. The van der Waals surface area contributed by atoms with E-state index in [9.17, 15) is 0 Å². The highest BCUT2D eigenvalue weighted by Gasteiger charge is 2.24. The lowest BCUT2D eigenvalue weighted by Gasteiger charge is -2.17. The fourth-order valence-electron chi connectivity index (χ4n) is 2.17. The molecular formula is C15H23N5. The molecule has 0 aliphatic carbocycles. The standard InChI is InChI=1S/C15H23N5/c1-7-16-12-8-10(2)17-14(18-12)11-9-20(6)19-13(11)15(3,4)5/h8-9H,7H2,1-6H3,(H,16,17,18). The van der Waals surface area contributed by atoms with Gasteiger partial charge < -0.3 is 5.32 Å². The maximum atomic E-state index is 4.61. The van der Waals surface area contributed by atoms with Crippen molar-refractivity contribution in [3.63, 3.8) is 0 Å². The monoisotopic (exact) mass is 273 g/mol. The van der Waals surface area contributed by atoms with E-state index in [0.717, 1.165) is 35.1 Å². The molecule has 2 rings (SSSR count). The summed E-state index contributed by atoms with van der Waals surface area (Å²) < 4.78 is 1.83. The van der Waals surface area contributed by atoms with E-state index in [2.05, 4.69) is 48.1 Å². The van der Waals surface area contributed by atoms with Crippen LogP contribution in [0.4, 0.5) is 5.82 Å². The van der Waals surface area contributed by atoms with E-state index < -0.39 is 0 Å². The Morgan fingerprint density at radius 1 is 1.25 bits per heavy atom. The Labute approximate surface area is 120 Å². The van der Waals surface area contributed by atoms with Gasteiger partial charge in [0, 0.05) is 37.0 Å². The zero-order valence-electron chi connectivity index (χ0n) is 13.2. The highest BCUT2D eigenvalue weighted by Crippen LogP contribution is 2.30. The van der Waals surface area contributed by atoms with E-state index in [-0.39, 0.29) is 5.41 Å². The Hall–Kier alpha value is -1.91. The Balaban J connectivity index is 2.56. The van der Waals surface area contributed by atoms with Crippen LogP contribution in [-0.2, 0) is 12.5 Å². The van der Waals surface area contributed by atoms with E-state index in [1.165, 1.54) is 0 Å². The number of hydrogen-bond acceptors (Lipinski definition) is 4. The molecule has 0 unspecified atom stereocenters. The maximum absolute atomic E-state index is 4.61. The third-order valence-electron chi connectivity index (χ3n) is 2.99. The minimum Gasteiger partial charge on any atom is -0.370 e. The Bertz CT molecular complexity index is 607. The molecule has 108 valence electrons. The van der Waals surface area contributed by atoms with Crippen LogP contribution in [0.2, 0.25) is 0 Å². The van der Waals surface area contributed by atoms with Crippen molar-refractivity contribution in [1.29, 1.82) is 0 Å². The first kappa shape index (κ1) is 14.5. The van der Waals surface area contributed by atoms with E-state index in [0.29, 0.717) is 0 Å². The molecule has 0 radical (unpaired) electrons. The van der Waals surface area contributed by atoms with Crippen molar-refractivity contribution < 1.29 is 0 Å². The molecule has 0 aromatic carbocycles. The molecule has 0 atom stereocenters. The maximum Gasteiger partial charge on any atom is 0.165 e. The molecule has 1 N–H and O–H groups in total. The summed E-state index contributed by atoms with van der Waals surface area (Å²) in [6.45, 7) is 11.3. The lowest BCUT2D eigenvalue weighted by molar-refractivity contribution is 0.554. The zero-order chi connectivity index (χ0) is 14.9. The third-order valence-corrected chi connectivity index (χ3v) is 2.99. The van der Waals surface area contributed by atoms with Gasteiger partial charge in [-0.3, -0.25) is 4.68 Å². The number of anilines is 1. The zero-order valence-corrected chi connectivity index (χ0v) is 13.2. The second kappa shape index (κ2) is 5.23. The van der Waals surface area contributed by atoms with Crippen LogP contribution in [0.25, 0.3) is 11.4 Å². The lowest BCUT2D eigenvalue weighted by Crippen LogP contribution is -2.14. The predicted molar refractivity (Wildman–Crippen MR) is 81.8 cm³/mol. The smallest absolute Gasteiger partial charge is 0.165 e. The molecule has 0 aliphatic heterocycles. The van der Waals surface area contributed by atoms with Gasteiger partial charge in [0.15, 0.2) is 5.82 Å². The van der Waals surface area contributed by atoms with Crippen molar-refractivity contribution in [2.45, 2.75) is 40.0 Å². The Kier molecular flexibility index (Phi) is 3.79. The van der Waals surface area contributed by atoms with Gasteiger partial charge in [-0.2, -0.15) is 5.10 Å². The van der Waals surface area contributed by atoms with Gasteiger partial charge >= 0.3 is 0 Å². The van der Waals surface area contributed by atoms with Crippen LogP contribution in [0.15, 0.2) is 12.3 Å². The van der Waals surface area contributed by atoms with Crippen molar-refractivity contribution in [1.82, 2.24) is 19.7 Å². The molecule has 2 aromatic rings. The van der Waals surface area contributed by atoms with Crippen LogP contribution in [0.3, 0.4) is 0 Å². The van der Waals surface area contributed by atoms with Gasteiger partial charge in [0.2, 0.25) is 0 Å². The fraction of sp³-hybridized carbons (Fsp3) is 0.533.